The van der Waals surface area contributed by atoms with E-state index in [1.54, 1.807) is 24.3 Å². The molecule has 1 N–H and O–H groups in total. The number of hydrogen-bond acceptors (Lipinski definition) is 5. The van der Waals surface area contributed by atoms with Crippen LogP contribution in [0.5, 0.6) is 11.5 Å². The van der Waals surface area contributed by atoms with Crippen LogP contribution in [0.25, 0.3) is 6.08 Å². The van der Waals surface area contributed by atoms with Gasteiger partial charge in [-0.15, -0.1) is 0 Å². The van der Waals surface area contributed by atoms with Crippen molar-refractivity contribution in [3.05, 3.63) is 88.6 Å². The highest BCUT2D eigenvalue weighted by molar-refractivity contribution is 8.04. The summed E-state index contributed by atoms with van der Waals surface area (Å²) in [5.41, 5.74) is 1.83. The number of carbonyl (C=O) groups excluding carboxylic acids is 2. The molecule has 0 saturated heterocycles. The minimum atomic E-state index is -0.412. The Morgan fingerprint density at radius 3 is 2.66 bits per heavy atom. The van der Waals surface area contributed by atoms with Crippen LogP contribution in [-0.2, 0) is 9.59 Å². The number of ether oxygens (including phenoxy) is 2. The fourth-order valence-corrected chi connectivity index (χ4v) is 5.05. The van der Waals surface area contributed by atoms with Crippen molar-refractivity contribution in [2.45, 2.75) is 17.9 Å². The molecule has 35 heavy (non-hydrogen) atoms. The van der Waals surface area contributed by atoms with Crippen molar-refractivity contribution in [1.29, 1.82) is 0 Å². The molecule has 1 atom stereocenters. The quantitative estimate of drug-likeness (QED) is 0.513. The van der Waals surface area contributed by atoms with Crippen LogP contribution in [0.2, 0.25) is 0 Å². The molecular weight excluding hydrogens is 467 g/mol. The molecule has 0 radical (unpaired) electrons. The number of hydrogen-bond donors (Lipinski definition) is 1. The zero-order valence-electron chi connectivity index (χ0n) is 19.0. The Kier molecular flexibility index (Phi) is 6.46. The molecule has 0 unspecified atom stereocenters. The standard InChI is InChI=1S/C27H23FN2O4S/c1-17(18-10-11-22-23(14-18)34-13-12-33-22)29-26(31)16-30-21-8-4-5-9-24(21)35-25(27(30)32)15-19-6-2-3-7-20(19)28/h2-11,14-15,17H,12-13,16H2,1H3,(H,29,31)/b25-15-/t17-/m1/s1. The van der Waals surface area contributed by atoms with E-state index in [-0.39, 0.29) is 24.4 Å². The van der Waals surface area contributed by atoms with Crippen molar-refractivity contribution in [3.63, 3.8) is 0 Å². The van der Waals surface area contributed by atoms with Gasteiger partial charge in [0.1, 0.15) is 25.6 Å². The lowest BCUT2D eigenvalue weighted by Gasteiger charge is -2.30. The summed E-state index contributed by atoms with van der Waals surface area (Å²) in [6.45, 7) is 2.69. The average Bonchev–Trinajstić information content (AvgIpc) is 2.87. The van der Waals surface area contributed by atoms with Crippen molar-refractivity contribution in [2.24, 2.45) is 0 Å². The van der Waals surface area contributed by atoms with Gasteiger partial charge in [0.2, 0.25) is 5.91 Å². The zero-order chi connectivity index (χ0) is 24.4. The Bertz CT molecular complexity index is 1330. The van der Waals surface area contributed by atoms with Gasteiger partial charge in [0.05, 0.1) is 16.6 Å². The van der Waals surface area contributed by atoms with Gasteiger partial charge in [-0.05, 0) is 48.9 Å². The molecule has 0 spiro atoms. The van der Waals surface area contributed by atoms with Crippen molar-refractivity contribution < 1.29 is 23.5 Å². The van der Waals surface area contributed by atoms with Gasteiger partial charge in [-0.2, -0.15) is 0 Å². The first kappa shape index (κ1) is 23.0. The molecule has 178 valence electrons. The number of fused-ring (bicyclic) bond motifs is 2. The van der Waals surface area contributed by atoms with Gasteiger partial charge in [-0.3, -0.25) is 14.5 Å². The lowest BCUT2D eigenvalue weighted by Crippen LogP contribution is -2.43. The molecule has 2 amide bonds. The summed E-state index contributed by atoms with van der Waals surface area (Å²) in [6.07, 6.45) is 1.53. The summed E-state index contributed by atoms with van der Waals surface area (Å²) >= 11 is 1.27. The number of carbonyl (C=O) groups is 2. The van der Waals surface area contributed by atoms with E-state index in [9.17, 15) is 14.0 Å². The summed E-state index contributed by atoms with van der Waals surface area (Å²) < 4.78 is 25.4. The van der Waals surface area contributed by atoms with Gasteiger partial charge in [-0.1, -0.05) is 48.2 Å². The smallest absolute Gasteiger partial charge is 0.265 e. The molecule has 0 aromatic heterocycles. The van der Waals surface area contributed by atoms with E-state index in [2.05, 4.69) is 5.32 Å². The van der Waals surface area contributed by atoms with E-state index < -0.39 is 5.82 Å². The van der Waals surface area contributed by atoms with E-state index >= 15 is 0 Å². The molecule has 5 rings (SSSR count). The Morgan fingerprint density at radius 2 is 1.83 bits per heavy atom. The highest BCUT2D eigenvalue weighted by Gasteiger charge is 2.31. The second-order valence-corrected chi connectivity index (χ2v) is 9.27. The first-order valence-corrected chi connectivity index (χ1v) is 12.0. The van der Waals surface area contributed by atoms with Crippen molar-refractivity contribution >= 4 is 35.3 Å². The Labute approximate surface area is 206 Å². The number of halogens is 1. The fraction of sp³-hybridized carbons (Fsp3) is 0.185. The maximum atomic E-state index is 14.2. The molecule has 0 bridgehead atoms. The number of rotatable bonds is 5. The van der Waals surface area contributed by atoms with Crippen LogP contribution in [0.3, 0.4) is 0 Å². The third kappa shape index (κ3) is 4.88. The summed E-state index contributed by atoms with van der Waals surface area (Å²) in [6, 6.07) is 18.9. The molecule has 0 fully saturated rings. The lowest BCUT2D eigenvalue weighted by molar-refractivity contribution is -0.122. The van der Waals surface area contributed by atoms with Gasteiger partial charge in [-0.25, -0.2) is 4.39 Å². The zero-order valence-corrected chi connectivity index (χ0v) is 19.8. The highest BCUT2D eigenvalue weighted by Crippen LogP contribution is 2.42. The van der Waals surface area contributed by atoms with Crippen molar-refractivity contribution in [3.8, 4) is 11.5 Å². The van der Waals surface area contributed by atoms with Crippen LogP contribution in [-0.4, -0.2) is 31.6 Å². The second kappa shape index (κ2) is 9.84. The third-order valence-electron chi connectivity index (χ3n) is 5.77. The first-order valence-electron chi connectivity index (χ1n) is 11.2. The SMILES string of the molecule is C[C@@H](NC(=O)CN1C(=O)/C(=C/c2ccccc2F)Sc2ccccc21)c1ccc2c(c1)OCCO2. The molecule has 2 aliphatic heterocycles. The molecule has 3 aromatic rings. The van der Waals surface area contributed by atoms with Crippen molar-refractivity contribution in [1.82, 2.24) is 5.32 Å². The summed E-state index contributed by atoms with van der Waals surface area (Å²) in [7, 11) is 0. The minimum Gasteiger partial charge on any atom is -0.486 e. The number of amides is 2. The van der Waals surface area contributed by atoms with E-state index in [4.69, 9.17) is 9.47 Å². The molecule has 3 aromatic carbocycles. The van der Waals surface area contributed by atoms with Gasteiger partial charge >= 0.3 is 0 Å². The van der Waals surface area contributed by atoms with Crippen LogP contribution in [0.1, 0.15) is 24.1 Å². The van der Waals surface area contributed by atoms with Gasteiger partial charge in [0, 0.05) is 10.5 Å². The van der Waals surface area contributed by atoms with Crippen LogP contribution in [0.4, 0.5) is 10.1 Å². The minimum absolute atomic E-state index is 0.167. The maximum absolute atomic E-state index is 14.2. The number of benzene rings is 3. The van der Waals surface area contributed by atoms with Crippen LogP contribution in [0, 0.1) is 5.82 Å². The highest BCUT2D eigenvalue weighted by atomic mass is 32.2. The number of nitrogens with zero attached hydrogens (tertiary/aromatic N) is 1. The molecular formula is C27H23FN2O4S. The number of nitrogens with one attached hydrogen (secondary N) is 1. The first-order chi connectivity index (χ1) is 17.0. The van der Waals surface area contributed by atoms with Crippen LogP contribution in [0.15, 0.2) is 76.5 Å². The molecule has 2 heterocycles. The van der Waals surface area contributed by atoms with Crippen LogP contribution < -0.4 is 19.7 Å². The predicted octanol–water partition coefficient (Wildman–Crippen LogP) is 4.95. The summed E-state index contributed by atoms with van der Waals surface area (Å²) in [4.78, 5) is 29.0. The molecule has 6 nitrogen and oxygen atoms in total. The summed E-state index contributed by atoms with van der Waals surface area (Å²) in [5.74, 6) is 0.257. The number of anilines is 1. The summed E-state index contributed by atoms with van der Waals surface area (Å²) in [5, 5.41) is 2.96. The Balaban J connectivity index is 1.36. The molecule has 8 heteroatoms. The van der Waals surface area contributed by atoms with E-state index in [0.29, 0.717) is 40.9 Å². The molecule has 0 aliphatic carbocycles. The second-order valence-electron chi connectivity index (χ2n) is 8.18. The fourth-order valence-electron chi connectivity index (χ4n) is 4.00. The third-order valence-corrected chi connectivity index (χ3v) is 6.85. The number of thioether (sulfide) groups is 1. The van der Waals surface area contributed by atoms with Gasteiger partial charge < -0.3 is 14.8 Å². The Hall–Kier alpha value is -3.78. The Morgan fingerprint density at radius 1 is 1.09 bits per heavy atom. The maximum Gasteiger partial charge on any atom is 0.265 e. The van der Waals surface area contributed by atoms with E-state index in [1.807, 2.05) is 43.3 Å². The largest absolute Gasteiger partial charge is 0.486 e. The lowest BCUT2D eigenvalue weighted by atomic mass is 10.1. The predicted molar refractivity (Wildman–Crippen MR) is 133 cm³/mol. The van der Waals surface area contributed by atoms with E-state index in [1.165, 1.54) is 28.8 Å². The number of para-hydroxylation sites is 1. The average molecular weight is 491 g/mol. The van der Waals surface area contributed by atoms with Crippen molar-refractivity contribution in [2.75, 3.05) is 24.7 Å². The van der Waals surface area contributed by atoms with Gasteiger partial charge in [0.25, 0.3) is 5.91 Å². The van der Waals surface area contributed by atoms with Crippen LogP contribution >= 0.6 is 11.8 Å². The monoisotopic (exact) mass is 490 g/mol. The normalized spacial score (nSPS) is 16.6. The van der Waals surface area contributed by atoms with E-state index in [0.717, 1.165) is 10.5 Å². The topological polar surface area (TPSA) is 67.9 Å². The molecule has 0 saturated carbocycles. The van der Waals surface area contributed by atoms with Gasteiger partial charge in [0.15, 0.2) is 11.5 Å². The molecule has 2 aliphatic rings.